The van der Waals surface area contributed by atoms with Gasteiger partial charge in [0, 0.05) is 30.1 Å². The van der Waals surface area contributed by atoms with Crippen molar-refractivity contribution in [2.45, 2.75) is 19.4 Å². The summed E-state index contributed by atoms with van der Waals surface area (Å²) in [5, 5.41) is 11.7. The number of anilines is 2. The monoisotopic (exact) mass is 324 g/mol. The van der Waals surface area contributed by atoms with Crippen molar-refractivity contribution in [1.29, 1.82) is 0 Å². The minimum atomic E-state index is -1.03. The van der Waals surface area contributed by atoms with E-state index in [0.717, 1.165) is 6.42 Å². The number of likely N-dealkylation sites (N-methyl/N-ethyl adjacent to an activating group) is 1. The second-order valence-corrected chi connectivity index (χ2v) is 6.39. The van der Waals surface area contributed by atoms with Gasteiger partial charge in [0.15, 0.2) is 0 Å². The predicted molar refractivity (Wildman–Crippen MR) is 88.7 cm³/mol. The van der Waals surface area contributed by atoms with Crippen molar-refractivity contribution in [3.05, 3.63) is 45.1 Å². The van der Waals surface area contributed by atoms with E-state index >= 15 is 0 Å². The molecule has 6 heteroatoms. The van der Waals surface area contributed by atoms with Crippen LogP contribution in [0.1, 0.15) is 22.2 Å². The number of thiophene rings is 1. The lowest BCUT2D eigenvalue weighted by atomic mass is 10.1. The van der Waals surface area contributed by atoms with Crippen molar-refractivity contribution in [2.75, 3.05) is 17.7 Å². The Kier molecular flexibility index (Phi) is 4.75. The fraction of sp³-hybridized carbons (Fsp3) is 0.267. The summed E-state index contributed by atoms with van der Waals surface area (Å²) < 4.78 is 0. The number of carbonyl (C=O) groups is 1. The molecule has 0 aliphatic rings. The summed E-state index contributed by atoms with van der Waals surface area (Å²) in [4.78, 5) is 14.6. The van der Waals surface area contributed by atoms with Gasteiger partial charge >= 0.3 is 5.97 Å². The molecule has 0 amide bonds. The first-order valence-corrected chi connectivity index (χ1v) is 7.73. The van der Waals surface area contributed by atoms with E-state index in [1.54, 1.807) is 17.4 Å². The zero-order valence-electron chi connectivity index (χ0n) is 11.8. The van der Waals surface area contributed by atoms with Gasteiger partial charge in [-0.3, -0.25) is 0 Å². The van der Waals surface area contributed by atoms with Gasteiger partial charge in [-0.05, 0) is 30.5 Å². The first kappa shape index (κ1) is 15.7. The molecule has 3 N–H and O–H groups in total. The molecule has 0 bridgehead atoms. The lowest BCUT2D eigenvalue weighted by Crippen LogP contribution is -2.32. The molecule has 1 aromatic carbocycles. The fourth-order valence-corrected chi connectivity index (χ4v) is 3.41. The number of benzene rings is 1. The van der Waals surface area contributed by atoms with Gasteiger partial charge < -0.3 is 15.7 Å². The average Bonchev–Trinajstić information content (AvgIpc) is 2.89. The molecule has 0 saturated carbocycles. The Bertz CT molecular complexity index is 643. The Morgan fingerprint density at radius 1 is 1.52 bits per heavy atom. The molecule has 4 nitrogen and oxygen atoms in total. The van der Waals surface area contributed by atoms with Crippen LogP contribution in [-0.4, -0.2) is 24.2 Å². The summed E-state index contributed by atoms with van der Waals surface area (Å²) in [7, 11) is 1.85. The third kappa shape index (κ3) is 3.49. The Hall–Kier alpha value is -1.72. The summed E-state index contributed by atoms with van der Waals surface area (Å²) in [6.07, 6.45) is 0.827. The number of carboxylic acid groups (broad SMARTS) is 1. The van der Waals surface area contributed by atoms with E-state index < -0.39 is 5.97 Å². The standard InChI is InChI=1S/C15H17ClN2O2S/c1-9(6-11-4-3-5-21-11)18(2)14-12(15(19)20)7-10(17)8-13(14)16/h3-5,7-9H,6,17H2,1-2H3,(H,19,20). The van der Waals surface area contributed by atoms with Crippen molar-refractivity contribution in [3.8, 4) is 0 Å². The molecule has 21 heavy (non-hydrogen) atoms. The van der Waals surface area contributed by atoms with Gasteiger partial charge in [-0.15, -0.1) is 11.3 Å². The molecule has 2 rings (SSSR count). The number of halogens is 1. The van der Waals surface area contributed by atoms with Crippen molar-refractivity contribution in [2.24, 2.45) is 0 Å². The summed E-state index contributed by atoms with van der Waals surface area (Å²) in [6.45, 7) is 2.04. The van der Waals surface area contributed by atoms with Crippen LogP contribution in [0.25, 0.3) is 0 Å². The quantitative estimate of drug-likeness (QED) is 0.822. The number of aromatic carboxylic acids is 1. The molecule has 1 unspecified atom stereocenters. The van der Waals surface area contributed by atoms with Crippen molar-refractivity contribution >= 4 is 40.3 Å². The maximum Gasteiger partial charge on any atom is 0.337 e. The van der Waals surface area contributed by atoms with Crippen LogP contribution in [-0.2, 0) is 6.42 Å². The molecule has 0 radical (unpaired) electrons. The van der Waals surface area contributed by atoms with E-state index in [4.69, 9.17) is 17.3 Å². The molecule has 1 aromatic heterocycles. The van der Waals surface area contributed by atoms with Crippen molar-refractivity contribution < 1.29 is 9.90 Å². The maximum absolute atomic E-state index is 11.4. The number of carboxylic acids is 1. The highest BCUT2D eigenvalue weighted by molar-refractivity contribution is 7.09. The van der Waals surface area contributed by atoms with Crippen LogP contribution < -0.4 is 10.6 Å². The summed E-state index contributed by atoms with van der Waals surface area (Å²) in [6, 6.07) is 7.21. The van der Waals surface area contributed by atoms with Gasteiger partial charge in [-0.2, -0.15) is 0 Å². The van der Waals surface area contributed by atoms with Gasteiger partial charge in [-0.1, -0.05) is 17.7 Å². The van der Waals surface area contributed by atoms with Gasteiger partial charge in [0.05, 0.1) is 16.3 Å². The Morgan fingerprint density at radius 2 is 2.24 bits per heavy atom. The highest BCUT2D eigenvalue weighted by Crippen LogP contribution is 2.33. The zero-order valence-corrected chi connectivity index (χ0v) is 13.4. The van der Waals surface area contributed by atoms with E-state index in [9.17, 15) is 9.90 Å². The largest absolute Gasteiger partial charge is 0.478 e. The molecular weight excluding hydrogens is 308 g/mol. The smallest absolute Gasteiger partial charge is 0.337 e. The highest BCUT2D eigenvalue weighted by Gasteiger charge is 2.21. The molecule has 1 heterocycles. The van der Waals surface area contributed by atoms with Crippen LogP contribution in [0.5, 0.6) is 0 Å². The lowest BCUT2D eigenvalue weighted by molar-refractivity contribution is 0.0697. The third-order valence-corrected chi connectivity index (χ3v) is 4.59. The van der Waals surface area contributed by atoms with E-state index in [1.807, 2.05) is 30.3 Å². The predicted octanol–water partition coefficient (Wildman–Crippen LogP) is 3.75. The van der Waals surface area contributed by atoms with Crippen LogP contribution in [0.3, 0.4) is 0 Å². The zero-order chi connectivity index (χ0) is 15.6. The molecule has 0 saturated heterocycles. The van der Waals surface area contributed by atoms with Gasteiger partial charge in [0.2, 0.25) is 0 Å². The highest BCUT2D eigenvalue weighted by atomic mass is 35.5. The van der Waals surface area contributed by atoms with E-state index in [2.05, 4.69) is 6.07 Å². The average molecular weight is 325 g/mol. The number of rotatable bonds is 5. The molecule has 1 atom stereocenters. The van der Waals surface area contributed by atoms with Crippen LogP contribution in [0.15, 0.2) is 29.6 Å². The first-order chi connectivity index (χ1) is 9.90. The van der Waals surface area contributed by atoms with E-state index in [1.165, 1.54) is 10.9 Å². The van der Waals surface area contributed by atoms with Gasteiger partial charge in [-0.25, -0.2) is 4.79 Å². The first-order valence-electron chi connectivity index (χ1n) is 6.47. The molecule has 0 aliphatic carbocycles. The van der Waals surface area contributed by atoms with Crippen LogP contribution >= 0.6 is 22.9 Å². The summed E-state index contributed by atoms with van der Waals surface area (Å²) in [5.74, 6) is -1.03. The maximum atomic E-state index is 11.4. The summed E-state index contributed by atoms with van der Waals surface area (Å²) in [5.41, 5.74) is 6.66. The minimum Gasteiger partial charge on any atom is -0.478 e. The molecule has 0 spiro atoms. The van der Waals surface area contributed by atoms with Crippen molar-refractivity contribution in [1.82, 2.24) is 0 Å². The number of nitrogens with zero attached hydrogens (tertiary/aromatic N) is 1. The second-order valence-electron chi connectivity index (χ2n) is 4.95. The SMILES string of the molecule is CC(Cc1cccs1)N(C)c1c(Cl)cc(N)cc1C(=O)O. The van der Waals surface area contributed by atoms with Crippen LogP contribution in [0, 0.1) is 0 Å². The number of hydrogen-bond donors (Lipinski definition) is 2. The minimum absolute atomic E-state index is 0.114. The topological polar surface area (TPSA) is 66.6 Å². The molecule has 2 aromatic rings. The summed E-state index contributed by atoms with van der Waals surface area (Å²) >= 11 is 7.90. The van der Waals surface area contributed by atoms with Gasteiger partial charge in [0.25, 0.3) is 0 Å². The number of nitrogen functional groups attached to an aromatic ring is 1. The molecule has 112 valence electrons. The Balaban J connectivity index is 2.33. The number of hydrogen-bond acceptors (Lipinski definition) is 4. The lowest BCUT2D eigenvalue weighted by Gasteiger charge is -2.29. The molecular formula is C15H17ClN2O2S. The van der Waals surface area contributed by atoms with E-state index in [-0.39, 0.29) is 11.6 Å². The van der Waals surface area contributed by atoms with Crippen LogP contribution in [0.2, 0.25) is 5.02 Å². The fourth-order valence-electron chi connectivity index (χ4n) is 2.22. The Morgan fingerprint density at radius 3 is 2.81 bits per heavy atom. The van der Waals surface area contributed by atoms with Crippen LogP contribution in [0.4, 0.5) is 11.4 Å². The van der Waals surface area contributed by atoms with Gasteiger partial charge in [0.1, 0.15) is 0 Å². The van der Waals surface area contributed by atoms with Crippen molar-refractivity contribution in [3.63, 3.8) is 0 Å². The normalized spacial score (nSPS) is 12.1. The Labute approximate surface area is 132 Å². The third-order valence-electron chi connectivity index (χ3n) is 3.41. The molecule has 0 fully saturated rings. The number of nitrogens with two attached hydrogens (primary N) is 1. The van der Waals surface area contributed by atoms with E-state index in [0.29, 0.717) is 16.4 Å². The second kappa shape index (κ2) is 6.37. The molecule has 0 aliphatic heterocycles.